The number of rotatable bonds is 10. The quantitative estimate of drug-likeness (QED) is 0.385. The summed E-state index contributed by atoms with van der Waals surface area (Å²) in [5.41, 5.74) is 0.313. The van der Waals surface area contributed by atoms with E-state index >= 15 is 0 Å². The van der Waals surface area contributed by atoms with Gasteiger partial charge >= 0.3 is 0 Å². The van der Waals surface area contributed by atoms with E-state index in [1.165, 1.54) is 7.11 Å². The summed E-state index contributed by atoms with van der Waals surface area (Å²) < 4.78 is 17.1. The average molecular weight is 430 g/mol. The Morgan fingerprint density at radius 1 is 1.00 bits per heavy atom. The molecule has 153 valence electrons. The molecule has 0 amide bonds. The topological polar surface area (TPSA) is 44.8 Å². The van der Waals surface area contributed by atoms with Crippen LogP contribution in [0, 0.1) is 11.8 Å². The number of benzene rings is 2. The molecule has 0 saturated heterocycles. The first-order chi connectivity index (χ1) is 13.3. The first-order valence-electron chi connectivity index (χ1n) is 9.35. The Kier molecular flexibility index (Phi) is 11.2. The van der Waals surface area contributed by atoms with Gasteiger partial charge in [0.25, 0.3) is 0 Å². The van der Waals surface area contributed by atoms with Gasteiger partial charge in [-0.25, -0.2) is 0 Å². The molecule has 0 spiro atoms. The second-order valence-electron chi connectivity index (χ2n) is 7.34. The molecule has 0 N–H and O–H groups in total. The third-order valence-corrected chi connectivity index (χ3v) is 5.25. The van der Waals surface area contributed by atoms with Crippen molar-refractivity contribution in [1.29, 1.82) is 0 Å². The zero-order valence-corrected chi connectivity index (χ0v) is 19.8. The van der Waals surface area contributed by atoms with Gasteiger partial charge in [0.2, 0.25) is 0 Å². The van der Waals surface area contributed by atoms with Crippen LogP contribution in [0.3, 0.4) is 0 Å². The van der Waals surface area contributed by atoms with Crippen molar-refractivity contribution in [2.75, 3.05) is 20.3 Å². The number of halogens is 1. The Morgan fingerprint density at radius 2 is 1.66 bits per heavy atom. The van der Waals surface area contributed by atoms with Gasteiger partial charge < -0.3 is 14.2 Å². The second kappa shape index (κ2) is 12.5. The fourth-order valence-corrected chi connectivity index (χ4v) is 3.81. The first-order valence-corrected chi connectivity index (χ1v) is 10.7. The SMILES string of the molecule is COc1cccc(Cl)c1C(=O)Pc1ccc(OCC(C)C)cc1OCC(C)C.[Li]. The van der Waals surface area contributed by atoms with E-state index in [1.807, 2.05) is 18.2 Å². The molecule has 2 aromatic rings. The summed E-state index contributed by atoms with van der Waals surface area (Å²) in [7, 11) is 1.39. The summed E-state index contributed by atoms with van der Waals surface area (Å²) in [5, 5.41) is 1.21. The van der Waals surface area contributed by atoms with Gasteiger partial charge in [0.05, 0.1) is 30.9 Å². The third kappa shape index (κ3) is 7.87. The van der Waals surface area contributed by atoms with Crippen molar-refractivity contribution in [2.45, 2.75) is 27.7 Å². The monoisotopic (exact) mass is 429 g/mol. The predicted octanol–water partition coefficient (Wildman–Crippen LogP) is 5.18. The van der Waals surface area contributed by atoms with Gasteiger partial charge in [-0.1, -0.05) is 45.4 Å². The second-order valence-corrected chi connectivity index (χ2v) is 8.99. The number of carbonyl (C=O) groups excluding carboxylic acids is 1. The van der Waals surface area contributed by atoms with Crippen LogP contribution in [0.15, 0.2) is 36.4 Å². The number of hydrogen-bond acceptors (Lipinski definition) is 4. The van der Waals surface area contributed by atoms with Crippen LogP contribution in [0.2, 0.25) is 5.02 Å². The van der Waals surface area contributed by atoms with Crippen molar-refractivity contribution >= 4 is 49.9 Å². The van der Waals surface area contributed by atoms with Gasteiger partial charge in [-0.15, -0.1) is 0 Å². The maximum atomic E-state index is 13.0. The molecule has 2 aromatic carbocycles. The molecule has 0 saturated carbocycles. The maximum absolute atomic E-state index is 13.0. The Morgan fingerprint density at radius 3 is 2.28 bits per heavy atom. The molecular formula is C22H28ClLiO4P. The maximum Gasteiger partial charge on any atom is 0.190 e. The smallest absolute Gasteiger partial charge is 0.190 e. The normalized spacial score (nSPS) is 11.0. The summed E-state index contributed by atoms with van der Waals surface area (Å²) in [6, 6.07) is 10.8. The van der Waals surface area contributed by atoms with E-state index in [2.05, 4.69) is 27.7 Å². The molecule has 7 heteroatoms. The molecule has 1 unspecified atom stereocenters. The van der Waals surface area contributed by atoms with Crippen molar-refractivity contribution in [3.8, 4) is 17.2 Å². The minimum absolute atomic E-state index is 0. The zero-order valence-electron chi connectivity index (χ0n) is 18.0. The fraction of sp³-hybridized carbons (Fsp3) is 0.409. The summed E-state index contributed by atoms with van der Waals surface area (Å²) in [5.74, 6) is 2.69. The first kappa shape index (κ1) is 25.9. The summed E-state index contributed by atoms with van der Waals surface area (Å²) in [6.45, 7) is 9.56. The number of methoxy groups -OCH3 is 1. The van der Waals surface area contributed by atoms with Gasteiger partial charge in [-0.05, 0) is 44.7 Å². The summed E-state index contributed by atoms with van der Waals surface area (Å²) in [6.07, 6.45) is 0. The van der Waals surface area contributed by atoms with E-state index in [-0.39, 0.29) is 33.0 Å². The van der Waals surface area contributed by atoms with Crippen LogP contribution in [0.1, 0.15) is 38.1 Å². The molecular weight excluding hydrogens is 402 g/mol. The van der Waals surface area contributed by atoms with E-state index in [9.17, 15) is 4.79 Å². The molecule has 1 radical (unpaired) electrons. The standard InChI is InChI=1S/C22H28ClO4P.Li/c1-14(2)12-26-16-9-10-20(19(11-16)27-13-15(3)4)28-22(24)21-17(23)7-6-8-18(21)25-5;/h6-11,14-15,28H,12-13H2,1-5H3;. The number of carbonyl (C=O) groups is 1. The van der Waals surface area contributed by atoms with Crippen molar-refractivity contribution in [1.82, 2.24) is 0 Å². The van der Waals surface area contributed by atoms with E-state index in [1.54, 1.807) is 18.2 Å². The summed E-state index contributed by atoms with van der Waals surface area (Å²) in [4.78, 5) is 13.0. The Bertz CT molecular complexity index is 811. The molecule has 29 heavy (non-hydrogen) atoms. The van der Waals surface area contributed by atoms with Crippen molar-refractivity contribution in [3.05, 3.63) is 47.0 Å². The van der Waals surface area contributed by atoms with Crippen LogP contribution >= 0.6 is 20.2 Å². The Hall–Kier alpha value is -1.17. The van der Waals surface area contributed by atoms with Crippen molar-refractivity contribution in [2.24, 2.45) is 11.8 Å². The minimum Gasteiger partial charge on any atom is -0.496 e. The van der Waals surface area contributed by atoms with E-state index in [4.69, 9.17) is 25.8 Å². The Balaban J connectivity index is 0.00000420. The molecule has 0 aromatic heterocycles. The fourth-order valence-electron chi connectivity index (χ4n) is 2.41. The van der Waals surface area contributed by atoms with Crippen LogP contribution in [0.5, 0.6) is 17.2 Å². The molecule has 0 bridgehead atoms. The summed E-state index contributed by atoms with van der Waals surface area (Å²) >= 11 is 6.26. The van der Waals surface area contributed by atoms with Crippen LogP contribution in [0.4, 0.5) is 0 Å². The van der Waals surface area contributed by atoms with E-state index < -0.39 is 0 Å². The molecule has 0 fully saturated rings. The predicted molar refractivity (Wildman–Crippen MR) is 123 cm³/mol. The van der Waals surface area contributed by atoms with Gasteiger partial charge in [0, 0.05) is 30.2 Å². The van der Waals surface area contributed by atoms with Crippen LogP contribution in [-0.2, 0) is 0 Å². The molecule has 1 atom stereocenters. The van der Waals surface area contributed by atoms with Crippen LogP contribution < -0.4 is 19.5 Å². The molecule has 0 heterocycles. The van der Waals surface area contributed by atoms with E-state index in [0.717, 1.165) is 11.1 Å². The largest absolute Gasteiger partial charge is 0.496 e. The number of hydrogen-bond donors (Lipinski definition) is 0. The van der Waals surface area contributed by atoms with Gasteiger partial charge in [0.1, 0.15) is 17.2 Å². The van der Waals surface area contributed by atoms with E-state index in [0.29, 0.717) is 47.1 Å². The zero-order chi connectivity index (χ0) is 20.7. The Labute approximate surface area is 192 Å². The average Bonchev–Trinajstić information content (AvgIpc) is 2.65. The molecule has 0 aliphatic carbocycles. The third-order valence-electron chi connectivity index (χ3n) is 3.78. The number of ether oxygens (including phenoxy) is 3. The van der Waals surface area contributed by atoms with Gasteiger partial charge in [-0.3, -0.25) is 4.79 Å². The molecule has 0 aliphatic rings. The molecule has 2 rings (SSSR count). The van der Waals surface area contributed by atoms with Crippen LogP contribution in [-0.4, -0.2) is 44.7 Å². The van der Waals surface area contributed by atoms with Gasteiger partial charge in [0.15, 0.2) is 5.52 Å². The minimum atomic E-state index is -0.136. The molecule has 4 nitrogen and oxygen atoms in total. The van der Waals surface area contributed by atoms with Crippen molar-refractivity contribution in [3.63, 3.8) is 0 Å². The van der Waals surface area contributed by atoms with Crippen LogP contribution in [0.25, 0.3) is 0 Å². The van der Waals surface area contributed by atoms with Gasteiger partial charge in [-0.2, -0.15) is 0 Å². The van der Waals surface area contributed by atoms with Crippen molar-refractivity contribution < 1.29 is 19.0 Å². The molecule has 0 aliphatic heterocycles.